The maximum atomic E-state index is 11.8. The molecule has 0 radical (unpaired) electrons. The van der Waals surface area contributed by atoms with Crippen molar-refractivity contribution in [2.24, 2.45) is 22.3 Å². The van der Waals surface area contributed by atoms with Gasteiger partial charge in [0.15, 0.2) is 0 Å². The highest BCUT2D eigenvalue weighted by atomic mass is 35.5. The summed E-state index contributed by atoms with van der Waals surface area (Å²) in [6, 6.07) is -0.585. The molecule has 1 unspecified atom stereocenters. The van der Waals surface area contributed by atoms with Crippen LogP contribution in [0.5, 0.6) is 0 Å². The Morgan fingerprint density at radius 1 is 1.11 bits per heavy atom. The molecule has 1 atom stereocenters. The summed E-state index contributed by atoms with van der Waals surface area (Å²) >= 11 is 0. The summed E-state index contributed by atoms with van der Waals surface area (Å²) in [5.41, 5.74) is 10.7. The molecule has 6 heteroatoms. The van der Waals surface area contributed by atoms with Gasteiger partial charge in [0.05, 0.1) is 18.6 Å². The van der Waals surface area contributed by atoms with Crippen LogP contribution in [0.2, 0.25) is 0 Å². The summed E-state index contributed by atoms with van der Waals surface area (Å²) in [6.07, 6.45) is 4.69. The van der Waals surface area contributed by atoms with Gasteiger partial charge in [-0.2, -0.15) is 0 Å². The lowest BCUT2D eigenvalue weighted by Crippen LogP contribution is -2.57. The number of esters is 1. The maximum Gasteiger partial charge on any atom is 0.311 e. The minimum atomic E-state index is -0.585. The predicted octanol–water partition coefficient (Wildman–Crippen LogP) is 0.734. The lowest BCUT2D eigenvalue weighted by atomic mass is 9.51. The third kappa shape index (κ3) is 2.10. The van der Waals surface area contributed by atoms with Gasteiger partial charge in [-0.25, -0.2) is 0 Å². The Kier molecular flexibility index (Phi) is 4.28. The number of halogens is 1. The van der Waals surface area contributed by atoms with Gasteiger partial charge >= 0.3 is 5.97 Å². The van der Waals surface area contributed by atoms with Crippen LogP contribution in [0.15, 0.2) is 0 Å². The number of carbonyl (C=O) groups excluding carboxylic acids is 2. The molecule has 0 aliphatic heterocycles. The average molecular weight is 277 g/mol. The van der Waals surface area contributed by atoms with E-state index >= 15 is 0 Å². The van der Waals surface area contributed by atoms with E-state index in [4.69, 9.17) is 16.2 Å². The fourth-order valence-corrected chi connectivity index (χ4v) is 3.51. The molecule has 0 aromatic rings. The van der Waals surface area contributed by atoms with E-state index in [2.05, 4.69) is 0 Å². The highest BCUT2D eigenvalue weighted by Gasteiger charge is 2.55. The minimum Gasteiger partial charge on any atom is -0.469 e. The van der Waals surface area contributed by atoms with Crippen LogP contribution in [0.4, 0.5) is 0 Å². The second-order valence-corrected chi connectivity index (χ2v) is 5.51. The Balaban J connectivity index is 0.00000162. The maximum absolute atomic E-state index is 11.8. The molecular formula is C12H21ClN2O3. The van der Waals surface area contributed by atoms with Crippen LogP contribution in [0, 0.1) is 10.8 Å². The molecule has 104 valence electrons. The van der Waals surface area contributed by atoms with Crippen molar-refractivity contribution >= 4 is 24.3 Å². The molecule has 18 heavy (non-hydrogen) atoms. The van der Waals surface area contributed by atoms with Gasteiger partial charge in [0.1, 0.15) is 0 Å². The molecular weight excluding hydrogens is 256 g/mol. The van der Waals surface area contributed by atoms with E-state index < -0.39 is 11.9 Å². The SMILES string of the molecule is COC(=O)C12CCC(C(N)C(N)=O)(CC1)CC2.Cl. The van der Waals surface area contributed by atoms with E-state index in [1.54, 1.807) is 0 Å². The van der Waals surface area contributed by atoms with E-state index in [-0.39, 0.29) is 29.2 Å². The Morgan fingerprint density at radius 3 is 1.89 bits per heavy atom. The fourth-order valence-electron chi connectivity index (χ4n) is 3.51. The van der Waals surface area contributed by atoms with Crippen molar-refractivity contribution in [3.05, 3.63) is 0 Å². The molecule has 0 heterocycles. The van der Waals surface area contributed by atoms with Gasteiger partial charge in [-0.15, -0.1) is 12.4 Å². The first-order valence-corrected chi connectivity index (χ1v) is 6.09. The van der Waals surface area contributed by atoms with Crippen LogP contribution in [0.1, 0.15) is 38.5 Å². The molecule has 3 saturated carbocycles. The van der Waals surface area contributed by atoms with Crippen molar-refractivity contribution < 1.29 is 14.3 Å². The minimum absolute atomic E-state index is 0. The van der Waals surface area contributed by atoms with E-state index in [1.165, 1.54) is 7.11 Å². The number of amides is 1. The Hall–Kier alpha value is -0.810. The second-order valence-electron chi connectivity index (χ2n) is 5.51. The number of hydrogen-bond acceptors (Lipinski definition) is 4. The largest absolute Gasteiger partial charge is 0.469 e. The van der Waals surface area contributed by atoms with Gasteiger partial charge in [-0.3, -0.25) is 9.59 Å². The molecule has 5 nitrogen and oxygen atoms in total. The highest BCUT2D eigenvalue weighted by Crippen LogP contribution is 2.58. The normalized spacial score (nSPS) is 35.4. The molecule has 3 rings (SSSR count). The highest BCUT2D eigenvalue weighted by molar-refractivity contribution is 5.85. The van der Waals surface area contributed by atoms with E-state index in [0.717, 1.165) is 38.5 Å². The second kappa shape index (κ2) is 5.05. The predicted molar refractivity (Wildman–Crippen MR) is 69.0 cm³/mol. The van der Waals surface area contributed by atoms with Crippen LogP contribution in [0.25, 0.3) is 0 Å². The summed E-state index contributed by atoms with van der Waals surface area (Å²) in [4.78, 5) is 23.1. The first kappa shape index (κ1) is 15.2. The van der Waals surface area contributed by atoms with Gasteiger partial charge in [0.2, 0.25) is 5.91 Å². The van der Waals surface area contributed by atoms with Crippen molar-refractivity contribution in [1.29, 1.82) is 0 Å². The van der Waals surface area contributed by atoms with E-state index in [0.29, 0.717) is 0 Å². The molecule has 3 aliphatic rings. The van der Waals surface area contributed by atoms with Crippen LogP contribution in [0.3, 0.4) is 0 Å². The number of fused-ring (bicyclic) bond motifs is 3. The number of hydrogen-bond donors (Lipinski definition) is 2. The van der Waals surface area contributed by atoms with Gasteiger partial charge < -0.3 is 16.2 Å². The fraction of sp³-hybridized carbons (Fsp3) is 0.833. The zero-order valence-corrected chi connectivity index (χ0v) is 11.4. The molecule has 0 aromatic heterocycles. The molecule has 3 fully saturated rings. The van der Waals surface area contributed by atoms with Crippen molar-refractivity contribution in [2.75, 3.05) is 7.11 Å². The Labute approximate surface area is 113 Å². The van der Waals surface area contributed by atoms with Gasteiger partial charge in [0, 0.05) is 0 Å². The third-order valence-electron chi connectivity index (χ3n) is 4.89. The smallest absolute Gasteiger partial charge is 0.311 e. The Morgan fingerprint density at radius 2 is 1.56 bits per heavy atom. The molecule has 0 spiro atoms. The molecule has 4 N–H and O–H groups in total. The lowest BCUT2D eigenvalue weighted by Gasteiger charge is -2.53. The number of nitrogens with two attached hydrogens (primary N) is 2. The average Bonchev–Trinajstić information content (AvgIpc) is 2.38. The standard InChI is InChI=1S/C12H20N2O3.ClH/c1-17-10(16)12-5-2-11(3-6-12,4-7-12)8(13)9(14)15;/h8H,2-7,13H2,1H3,(H2,14,15);1H. The van der Waals surface area contributed by atoms with Gasteiger partial charge in [0.25, 0.3) is 0 Å². The number of ether oxygens (including phenoxy) is 1. The Bertz CT molecular complexity index is 335. The first-order chi connectivity index (χ1) is 7.96. The van der Waals surface area contributed by atoms with Crippen LogP contribution >= 0.6 is 12.4 Å². The van der Waals surface area contributed by atoms with Gasteiger partial charge in [-0.05, 0) is 43.9 Å². The molecule has 0 aromatic carbocycles. The monoisotopic (exact) mass is 276 g/mol. The first-order valence-electron chi connectivity index (χ1n) is 6.09. The van der Waals surface area contributed by atoms with Crippen LogP contribution in [-0.4, -0.2) is 25.0 Å². The zero-order chi connectivity index (χ0) is 12.7. The summed E-state index contributed by atoms with van der Waals surface area (Å²) in [5, 5.41) is 0. The zero-order valence-electron chi connectivity index (χ0n) is 10.6. The summed E-state index contributed by atoms with van der Waals surface area (Å²) in [5.74, 6) is -0.545. The van der Waals surface area contributed by atoms with Crippen molar-refractivity contribution in [2.45, 2.75) is 44.6 Å². The van der Waals surface area contributed by atoms with Crippen LogP contribution in [-0.2, 0) is 14.3 Å². The van der Waals surface area contributed by atoms with Crippen LogP contribution < -0.4 is 11.5 Å². The molecule has 3 aliphatic carbocycles. The number of methoxy groups -OCH3 is 1. The molecule has 2 bridgehead atoms. The summed E-state index contributed by atoms with van der Waals surface area (Å²) < 4.78 is 4.89. The topological polar surface area (TPSA) is 95.4 Å². The quantitative estimate of drug-likeness (QED) is 0.743. The van der Waals surface area contributed by atoms with E-state index in [1.807, 2.05) is 0 Å². The number of primary amides is 1. The molecule has 1 amide bonds. The summed E-state index contributed by atoms with van der Waals surface area (Å²) in [7, 11) is 1.43. The van der Waals surface area contributed by atoms with E-state index in [9.17, 15) is 9.59 Å². The lowest BCUT2D eigenvalue weighted by molar-refractivity contribution is -0.164. The summed E-state index contributed by atoms with van der Waals surface area (Å²) in [6.45, 7) is 0. The van der Waals surface area contributed by atoms with Crippen molar-refractivity contribution in [1.82, 2.24) is 0 Å². The number of rotatable bonds is 3. The molecule has 0 saturated heterocycles. The van der Waals surface area contributed by atoms with Gasteiger partial charge in [-0.1, -0.05) is 0 Å². The number of carbonyl (C=O) groups is 2. The van der Waals surface area contributed by atoms with Crippen molar-refractivity contribution in [3.8, 4) is 0 Å². The van der Waals surface area contributed by atoms with Crippen molar-refractivity contribution in [3.63, 3.8) is 0 Å². The third-order valence-corrected chi connectivity index (χ3v) is 4.89.